The maximum atomic E-state index is 12.0. The first kappa shape index (κ1) is 12.4. The number of carbonyl (C=O) groups is 1. The van der Waals surface area contributed by atoms with E-state index in [0.717, 1.165) is 17.1 Å². The number of furan rings is 1. The first-order chi connectivity index (χ1) is 8.65. The Morgan fingerprint density at radius 3 is 2.83 bits per heavy atom. The minimum atomic E-state index is 0.0528. The second kappa shape index (κ2) is 5.49. The summed E-state index contributed by atoms with van der Waals surface area (Å²) in [5, 5.41) is 0. The molecule has 4 nitrogen and oxygen atoms in total. The highest BCUT2D eigenvalue weighted by molar-refractivity contribution is 5.78. The van der Waals surface area contributed by atoms with Crippen LogP contribution >= 0.6 is 0 Å². The largest absolute Gasteiger partial charge is 0.464 e. The second-order valence-electron chi connectivity index (χ2n) is 4.30. The highest BCUT2D eigenvalue weighted by Crippen LogP contribution is 2.09. The van der Waals surface area contributed by atoms with Crippen LogP contribution in [-0.4, -0.2) is 22.8 Å². The fraction of sp³-hybridized carbons (Fsp3) is 0.286. The number of aromatic nitrogens is 1. The first-order valence-corrected chi connectivity index (χ1v) is 5.83. The Labute approximate surface area is 106 Å². The van der Waals surface area contributed by atoms with E-state index in [1.165, 1.54) is 0 Å². The van der Waals surface area contributed by atoms with Gasteiger partial charge >= 0.3 is 0 Å². The van der Waals surface area contributed by atoms with Gasteiger partial charge in [-0.3, -0.25) is 9.78 Å². The number of carbonyl (C=O) groups excluding carboxylic acids is 1. The van der Waals surface area contributed by atoms with Crippen molar-refractivity contribution in [2.75, 3.05) is 7.05 Å². The van der Waals surface area contributed by atoms with Crippen LogP contribution in [0.2, 0.25) is 0 Å². The summed E-state index contributed by atoms with van der Waals surface area (Å²) < 4.78 is 5.45. The summed E-state index contributed by atoms with van der Waals surface area (Å²) >= 11 is 0. The van der Waals surface area contributed by atoms with Gasteiger partial charge in [0.25, 0.3) is 0 Å². The van der Waals surface area contributed by atoms with E-state index in [9.17, 15) is 4.79 Å². The molecule has 4 heteroatoms. The molecule has 0 aliphatic heterocycles. The van der Waals surface area contributed by atoms with Gasteiger partial charge in [0.2, 0.25) is 5.91 Å². The van der Waals surface area contributed by atoms with Crippen LogP contribution in [-0.2, 0) is 17.8 Å². The van der Waals surface area contributed by atoms with Crippen LogP contribution in [0.15, 0.2) is 41.1 Å². The molecule has 0 saturated carbocycles. The van der Waals surface area contributed by atoms with Gasteiger partial charge in [0, 0.05) is 19.4 Å². The maximum absolute atomic E-state index is 12.0. The van der Waals surface area contributed by atoms with E-state index in [-0.39, 0.29) is 5.91 Å². The molecule has 0 radical (unpaired) electrons. The van der Waals surface area contributed by atoms with E-state index in [4.69, 9.17) is 4.42 Å². The second-order valence-corrected chi connectivity index (χ2v) is 4.30. The number of pyridine rings is 1. The van der Waals surface area contributed by atoms with Crippen molar-refractivity contribution in [2.24, 2.45) is 0 Å². The monoisotopic (exact) mass is 244 g/mol. The lowest BCUT2D eigenvalue weighted by atomic mass is 10.2. The van der Waals surface area contributed by atoms with Crippen LogP contribution in [0, 0.1) is 6.92 Å². The van der Waals surface area contributed by atoms with Crippen molar-refractivity contribution in [1.82, 2.24) is 9.88 Å². The molecule has 0 aliphatic rings. The Hall–Kier alpha value is -2.10. The fourth-order valence-electron chi connectivity index (χ4n) is 1.70. The maximum Gasteiger partial charge on any atom is 0.227 e. The minimum absolute atomic E-state index is 0.0528. The number of rotatable bonds is 4. The standard InChI is InChI=1S/C14H16N2O2/c1-11-5-6-13(18-11)10-16(2)14(17)8-12-4-3-7-15-9-12/h3-7,9H,8,10H2,1-2H3. The third-order valence-electron chi connectivity index (χ3n) is 2.69. The lowest BCUT2D eigenvalue weighted by molar-refractivity contribution is -0.129. The fourth-order valence-corrected chi connectivity index (χ4v) is 1.70. The Morgan fingerprint density at radius 1 is 1.39 bits per heavy atom. The Kier molecular flexibility index (Phi) is 3.77. The molecule has 0 aromatic carbocycles. The van der Waals surface area contributed by atoms with E-state index in [0.29, 0.717) is 13.0 Å². The van der Waals surface area contributed by atoms with Gasteiger partial charge in [-0.05, 0) is 30.7 Å². The Balaban J connectivity index is 1.93. The Morgan fingerprint density at radius 2 is 2.22 bits per heavy atom. The highest BCUT2D eigenvalue weighted by Gasteiger charge is 2.11. The predicted molar refractivity (Wildman–Crippen MR) is 67.9 cm³/mol. The molecule has 0 bridgehead atoms. The molecule has 2 rings (SSSR count). The summed E-state index contributed by atoms with van der Waals surface area (Å²) in [6.45, 7) is 2.38. The van der Waals surface area contributed by atoms with E-state index in [2.05, 4.69) is 4.98 Å². The first-order valence-electron chi connectivity index (χ1n) is 5.83. The molecule has 94 valence electrons. The van der Waals surface area contributed by atoms with Crippen molar-refractivity contribution in [3.63, 3.8) is 0 Å². The van der Waals surface area contributed by atoms with Crippen molar-refractivity contribution in [2.45, 2.75) is 19.9 Å². The SMILES string of the molecule is Cc1ccc(CN(C)C(=O)Cc2cccnc2)o1. The van der Waals surface area contributed by atoms with Crippen molar-refractivity contribution in [1.29, 1.82) is 0 Å². The van der Waals surface area contributed by atoms with Gasteiger partial charge in [-0.25, -0.2) is 0 Å². The number of hydrogen-bond donors (Lipinski definition) is 0. The van der Waals surface area contributed by atoms with Crippen LogP contribution in [0.5, 0.6) is 0 Å². The molecule has 2 aromatic heterocycles. The van der Waals surface area contributed by atoms with Gasteiger partial charge in [-0.1, -0.05) is 6.07 Å². The number of hydrogen-bond acceptors (Lipinski definition) is 3. The lowest BCUT2D eigenvalue weighted by Gasteiger charge is -2.15. The molecule has 0 saturated heterocycles. The number of likely N-dealkylation sites (N-methyl/N-ethyl adjacent to an activating group) is 1. The smallest absolute Gasteiger partial charge is 0.227 e. The van der Waals surface area contributed by atoms with E-state index >= 15 is 0 Å². The van der Waals surface area contributed by atoms with Gasteiger partial charge in [-0.2, -0.15) is 0 Å². The molecule has 0 fully saturated rings. The van der Waals surface area contributed by atoms with Crippen molar-refractivity contribution >= 4 is 5.91 Å². The normalized spacial score (nSPS) is 10.3. The van der Waals surface area contributed by atoms with Crippen LogP contribution in [0.3, 0.4) is 0 Å². The average molecular weight is 244 g/mol. The molecular weight excluding hydrogens is 228 g/mol. The molecule has 0 unspecified atom stereocenters. The van der Waals surface area contributed by atoms with Crippen molar-refractivity contribution in [3.8, 4) is 0 Å². The molecule has 0 spiro atoms. The lowest BCUT2D eigenvalue weighted by Crippen LogP contribution is -2.27. The number of nitrogens with zero attached hydrogens (tertiary/aromatic N) is 2. The zero-order valence-electron chi connectivity index (χ0n) is 10.6. The van der Waals surface area contributed by atoms with E-state index < -0.39 is 0 Å². The van der Waals surface area contributed by atoms with Crippen LogP contribution in [0.1, 0.15) is 17.1 Å². The van der Waals surface area contributed by atoms with Crippen LogP contribution in [0.4, 0.5) is 0 Å². The van der Waals surface area contributed by atoms with Crippen LogP contribution < -0.4 is 0 Å². The summed E-state index contributed by atoms with van der Waals surface area (Å²) in [5.74, 6) is 1.71. The minimum Gasteiger partial charge on any atom is -0.464 e. The Bertz CT molecular complexity index is 520. The number of aryl methyl sites for hydroxylation is 1. The number of amides is 1. The molecule has 2 aromatic rings. The average Bonchev–Trinajstić information content (AvgIpc) is 2.76. The third-order valence-corrected chi connectivity index (χ3v) is 2.69. The van der Waals surface area contributed by atoms with E-state index in [1.807, 2.05) is 31.2 Å². The van der Waals surface area contributed by atoms with Crippen molar-refractivity contribution < 1.29 is 9.21 Å². The molecule has 2 heterocycles. The van der Waals surface area contributed by atoms with E-state index in [1.54, 1.807) is 24.3 Å². The zero-order valence-corrected chi connectivity index (χ0v) is 10.6. The molecule has 1 amide bonds. The summed E-state index contributed by atoms with van der Waals surface area (Å²) in [6, 6.07) is 7.52. The summed E-state index contributed by atoms with van der Waals surface area (Å²) in [5.41, 5.74) is 0.921. The molecule has 0 aliphatic carbocycles. The van der Waals surface area contributed by atoms with Gasteiger partial charge in [0.1, 0.15) is 11.5 Å². The predicted octanol–water partition coefficient (Wildman–Crippen LogP) is 2.18. The summed E-state index contributed by atoms with van der Waals surface area (Å²) in [4.78, 5) is 17.6. The molecular formula is C14H16N2O2. The summed E-state index contributed by atoms with van der Waals surface area (Å²) in [7, 11) is 1.77. The third kappa shape index (κ3) is 3.20. The summed E-state index contributed by atoms with van der Waals surface area (Å²) in [6.07, 6.45) is 3.77. The molecule has 18 heavy (non-hydrogen) atoms. The zero-order chi connectivity index (χ0) is 13.0. The van der Waals surface area contributed by atoms with Crippen LogP contribution in [0.25, 0.3) is 0 Å². The van der Waals surface area contributed by atoms with Gasteiger partial charge < -0.3 is 9.32 Å². The molecule has 0 N–H and O–H groups in total. The molecule has 0 atom stereocenters. The van der Waals surface area contributed by atoms with Gasteiger partial charge in [0.05, 0.1) is 13.0 Å². The highest BCUT2D eigenvalue weighted by atomic mass is 16.3. The topological polar surface area (TPSA) is 46.3 Å². The van der Waals surface area contributed by atoms with Crippen molar-refractivity contribution in [3.05, 3.63) is 53.7 Å². The quantitative estimate of drug-likeness (QED) is 0.828. The van der Waals surface area contributed by atoms with Gasteiger partial charge in [-0.15, -0.1) is 0 Å². The van der Waals surface area contributed by atoms with Gasteiger partial charge in [0.15, 0.2) is 0 Å².